The highest BCUT2D eigenvalue weighted by molar-refractivity contribution is 5.30. The van der Waals surface area contributed by atoms with Gasteiger partial charge in [0.05, 0.1) is 6.61 Å². The summed E-state index contributed by atoms with van der Waals surface area (Å²) in [5.74, 6) is 0. The fourth-order valence-corrected chi connectivity index (χ4v) is 2.19. The van der Waals surface area contributed by atoms with Crippen LogP contribution in [0.15, 0.2) is 18.2 Å². The first kappa shape index (κ1) is 15.2. The zero-order valence-electron chi connectivity index (χ0n) is 12.2. The topological polar surface area (TPSA) is 38.5 Å². The lowest BCUT2D eigenvalue weighted by atomic mass is 10.0. The molecule has 0 fully saturated rings. The van der Waals surface area contributed by atoms with Crippen LogP contribution >= 0.6 is 0 Å². The van der Waals surface area contributed by atoms with Gasteiger partial charge in [0, 0.05) is 25.7 Å². The molecular formula is C15H26N2O. The molecule has 0 radical (unpaired) electrons. The summed E-state index contributed by atoms with van der Waals surface area (Å²) in [6, 6.07) is 6.95. The van der Waals surface area contributed by atoms with Crippen LogP contribution in [0.25, 0.3) is 0 Å². The molecule has 0 heterocycles. The first-order valence-corrected chi connectivity index (χ1v) is 6.47. The molecule has 3 heteroatoms. The maximum absolute atomic E-state index is 6.29. The fraction of sp³-hybridized carbons (Fsp3) is 0.600. The molecule has 0 saturated heterocycles. The van der Waals surface area contributed by atoms with Gasteiger partial charge in [-0.15, -0.1) is 0 Å². The van der Waals surface area contributed by atoms with Gasteiger partial charge < -0.3 is 10.5 Å². The van der Waals surface area contributed by atoms with E-state index in [1.165, 1.54) is 16.7 Å². The van der Waals surface area contributed by atoms with Crippen molar-refractivity contribution in [1.82, 2.24) is 4.90 Å². The summed E-state index contributed by atoms with van der Waals surface area (Å²) in [7, 11) is 3.82. The van der Waals surface area contributed by atoms with Crippen molar-refractivity contribution in [2.45, 2.75) is 32.9 Å². The predicted octanol–water partition coefficient (Wildman–Crippen LogP) is 2.27. The number of nitrogens with zero attached hydrogens (tertiary/aromatic N) is 1. The number of rotatable bonds is 6. The molecule has 0 aliphatic heterocycles. The lowest BCUT2D eigenvalue weighted by Gasteiger charge is -2.27. The normalized spacial score (nSPS) is 14.8. The average Bonchev–Trinajstić information content (AvgIpc) is 2.27. The molecule has 1 aromatic carbocycles. The highest BCUT2D eigenvalue weighted by Gasteiger charge is 2.14. The van der Waals surface area contributed by atoms with Crippen LogP contribution in [0, 0.1) is 13.8 Å². The van der Waals surface area contributed by atoms with Crippen molar-refractivity contribution in [3.63, 3.8) is 0 Å². The van der Waals surface area contributed by atoms with Gasteiger partial charge in [-0.1, -0.05) is 29.3 Å². The third-order valence-electron chi connectivity index (χ3n) is 3.32. The number of likely N-dealkylation sites (N-methyl/N-ethyl adjacent to an activating group) is 1. The molecule has 18 heavy (non-hydrogen) atoms. The highest BCUT2D eigenvalue weighted by Crippen LogP contribution is 2.16. The smallest absolute Gasteiger partial charge is 0.0615 e. The molecule has 0 aromatic heterocycles. The van der Waals surface area contributed by atoms with E-state index in [-0.39, 0.29) is 6.04 Å². The number of methoxy groups -OCH3 is 1. The van der Waals surface area contributed by atoms with Gasteiger partial charge in [0.15, 0.2) is 0 Å². The summed E-state index contributed by atoms with van der Waals surface area (Å²) in [5, 5.41) is 0. The summed E-state index contributed by atoms with van der Waals surface area (Å²) < 4.78 is 5.17. The Morgan fingerprint density at radius 1 is 1.22 bits per heavy atom. The van der Waals surface area contributed by atoms with E-state index in [4.69, 9.17) is 10.5 Å². The van der Waals surface area contributed by atoms with E-state index >= 15 is 0 Å². The molecular weight excluding hydrogens is 224 g/mol. The van der Waals surface area contributed by atoms with Crippen molar-refractivity contribution >= 4 is 0 Å². The van der Waals surface area contributed by atoms with Gasteiger partial charge in [0.25, 0.3) is 0 Å². The second-order valence-electron chi connectivity index (χ2n) is 5.27. The zero-order chi connectivity index (χ0) is 13.7. The van der Waals surface area contributed by atoms with Crippen LogP contribution in [0.5, 0.6) is 0 Å². The van der Waals surface area contributed by atoms with Crippen molar-refractivity contribution in [1.29, 1.82) is 0 Å². The third-order valence-corrected chi connectivity index (χ3v) is 3.32. The minimum Gasteiger partial charge on any atom is -0.383 e. The summed E-state index contributed by atoms with van der Waals surface area (Å²) >= 11 is 0. The quantitative estimate of drug-likeness (QED) is 0.841. The van der Waals surface area contributed by atoms with E-state index in [9.17, 15) is 0 Å². The Bertz CT molecular complexity index is 359. The number of ether oxygens (including phenoxy) is 1. The van der Waals surface area contributed by atoms with Crippen molar-refractivity contribution in [3.05, 3.63) is 34.9 Å². The lowest BCUT2D eigenvalue weighted by Crippen LogP contribution is -2.38. The number of hydrogen-bond donors (Lipinski definition) is 1. The minimum atomic E-state index is 0.0490. The highest BCUT2D eigenvalue weighted by atomic mass is 16.5. The molecule has 0 aliphatic rings. The monoisotopic (exact) mass is 250 g/mol. The van der Waals surface area contributed by atoms with E-state index in [1.807, 2.05) is 0 Å². The van der Waals surface area contributed by atoms with Crippen molar-refractivity contribution in [2.24, 2.45) is 5.73 Å². The first-order valence-electron chi connectivity index (χ1n) is 6.47. The van der Waals surface area contributed by atoms with Gasteiger partial charge in [0.2, 0.25) is 0 Å². The zero-order valence-corrected chi connectivity index (χ0v) is 12.2. The van der Waals surface area contributed by atoms with Crippen molar-refractivity contribution < 1.29 is 4.74 Å². The molecule has 2 N–H and O–H groups in total. The van der Waals surface area contributed by atoms with Gasteiger partial charge in [-0.3, -0.25) is 4.90 Å². The molecule has 3 nitrogen and oxygen atoms in total. The van der Waals surface area contributed by atoms with Crippen LogP contribution in [0.3, 0.4) is 0 Å². The average molecular weight is 250 g/mol. The van der Waals surface area contributed by atoms with Gasteiger partial charge in [0.1, 0.15) is 0 Å². The molecule has 2 unspecified atom stereocenters. The second-order valence-corrected chi connectivity index (χ2v) is 5.27. The lowest BCUT2D eigenvalue weighted by molar-refractivity contribution is 0.112. The molecule has 2 atom stereocenters. The Morgan fingerprint density at radius 3 is 2.28 bits per heavy atom. The maximum atomic E-state index is 6.29. The summed E-state index contributed by atoms with van der Waals surface area (Å²) in [4.78, 5) is 2.24. The molecule has 0 bridgehead atoms. The minimum absolute atomic E-state index is 0.0490. The Kier molecular flexibility index (Phi) is 5.79. The van der Waals surface area contributed by atoms with Crippen LogP contribution in [-0.2, 0) is 4.74 Å². The van der Waals surface area contributed by atoms with Crippen LogP contribution in [0.4, 0.5) is 0 Å². The van der Waals surface area contributed by atoms with Crippen LogP contribution in [0.2, 0.25) is 0 Å². The van der Waals surface area contributed by atoms with E-state index in [1.54, 1.807) is 7.11 Å². The van der Waals surface area contributed by atoms with Gasteiger partial charge in [-0.05, 0) is 33.4 Å². The number of hydrogen-bond acceptors (Lipinski definition) is 3. The Balaban J connectivity index is 2.66. The van der Waals surface area contributed by atoms with Gasteiger partial charge in [-0.25, -0.2) is 0 Å². The summed E-state index contributed by atoms with van der Waals surface area (Å²) in [6.07, 6.45) is 0. The fourth-order valence-electron chi connectivity index (χ4n) is 2.19. The Labute approximate surface area is 111 Å². The van der Waals surface area contributed by atoms with Gasteiger partial charge >= 0.3 is 0 Å². The molecule has 0 amide bonds. The summed E-state index contributed by atoms with van der Waals surface area (Å²) in [5.41, 5.74) is 10.0. The van der Waals surface area contributed by atoms with E-state index in [0.29, 0.717) is 6.04 Å². The maximum Gasteiger partial charge on any atom is 0.0615 e. The van der Waals surface area contributed by atoms with Crippen LogP contribution in [0.1, 0.15) is 29.7 Å². The summed E-state index contributed by atoms with van der Waals surface area (Å²) in [6.45, 7) is 7.95. The van der Waals surface area contributed by atoms with Crippen LogP contribution in [-0.4, -0.2) is 38.3 Å². The molecule has 1 aromatic rings. The number of nitrogens with two attached hydrogens (primary N) is 1. The predicted molar refractivity (Wildman–Crippen MR) is 76.8 cm³/mol. The third kappa shape index (κ3) is 4.41. The second kappa shape index (κ2) is 6.88. The Morgan fingerprint density at radius 2 is 1.78 bits per heavy atom. The van der Waals surface area contributed by atoms with Crippen molar-refractivity contribution in [3.8, 4) is 0 Å². The van der Waals surface area contributed by atoms with E-state index in [2.05, 4.69) is 50.9 Å². The van der Waals surface area contributed by atoms with Crippen molar-refractivity contribution in [2.75, 3.05) is 27.3 Å². The first-order chi connectivity index (χ1) is 8.43. The number of benzene rings is 1. The largest absolute Gasteiger partial charge is 0.383 e. The molecule has 1 rings (SSSR count). The van der Waals surface area contributed by atoms with Gasteiger partial charge in [-0.2, -0.15) is 0 Å². The molecule has 102 valence electrons. The number of aryl methyl sites for hydroxylation is 2. The molecule has 0 saturated carbocycles. The molecule has 0 spiro atoms. The van der Waals surface area contributed by atoms with E-state index in [0.717, 1.165) is 13.2 Å². The van der Waals surface area contributed by atoms with Crippen LogP contribution < -0.4 is 5.73 Å². The van der Waals surface area contributed by atoms with E-state index < -0.39 is 0 Å². The Hall–Kier alpha value is -0.900. The molecule has 0 aliphatic carbocycles. The standard InChI is InChI=1S/C15H26N2O/c1-11-6-12(2)8-14(7-11)15(16)9-17(4)13(3)10-18-5/h6-8,13,15H,9-10,16H2,1-5H3. The SMILES string of the molecule is COCC(C)N(C)CC(N)c1cc(C)cc(C)c1.